The first-order valence-corrected chi connectivity index (χ1v) is 11.2. The molecule has 2 heterocycles. The highest BCUT2D eigenvalue weighted by Gasteiger charge is 2.28. The van der Waals surface area contributed by atoms with Gasteiger partial charge in [-0.3, -0.25) is 9.69 Å². The summed E-state index contributed by atoms with van der Waals surface area (Å²) in [5, 5.41) is 4.47. The highest BCUT2D eigenvalue weighted by Crippen LogP contribution is 2.24. The van der Waals surface area contributed by atoms with E-state index in [1.807, 2.05) is 36.0 Å². The zero-order valence-electron chi connectivity index (χ0n) is 16.1. The van der Waals surface area contributed by atoms with Gasteiger partial charge in [0.1, 0.15) is 6.04 Å². The molecule has 4 rings (SSSR count). The third kappa shape index (κ3) is 4.42. The van der Waals surface area contributed by atoms with Gasteiger partial charge in [0, 0.05) is 48.2 Å². The van der Waals surface area contributed by atoms with Crippen molar-refractivity contribution in [2.45, 2.75) is 18.9 Å². The predicted molar refractivity (Wildman–Crippen MR) is 118 cm³/mol. The summed E-state index contributed by atoms with van der Waals surface area (Å²) >= 11 is 1.97. The number of aromatic amines is 1. The van der Waals surface area contributed by atoms with Crippen molar-refractivity contribution in [2.24, 2.45) is 0 Å². The number of hydrogen-bond acceptors (Lipinski definition) is 3. The number of aromatic nitrogens is 1. The largest absolute Gasteiger partial charge is 0.361 e. The lowest BCUT2D eigenvalue weighted by Gasteiger charge is -2.33. The fourth-order valence-corrected chi connectivity index (χ4v) is 4.86. The Morgan fingerprint density at radius 2 is 1.82 bits per heavy atom. The van der Waals surface area contributed by atoms with E-state index in [0.717, 1.165) is 43.0 Å². The Balaban J connectivity index is 1.36. The van der Waals surface area contributed by atoms with E-state index in [1.54, 1.807) is 0 Å². The smallest absolute Gasteiger partial charge is 0.241 e. The number of rotatable bonds is 7. The molecule has 1 atom stereocenters. The molecule has 4 nitrogen and oxygen atoms in total. The number of benzene rings is 2. The van der Waals surface area contributed by atoms with E-state index in [9.17, 15) is 4.79 Å². The van der Waals surface area contributed by atoms with Gasteiger partial charge in [-0.1, -0.05) is 48.5 Å². The summed E-state index contributed by atoms with van der Waals surface area (Å²) in [7, 11) is 0. The maximum Gasteiger partial charge on any atom is 0.241 e. The summed E-state index contributed by atoms with van der Waals surface area (Å²) in [4.78, 5) is 18.7. The average molecular weight is 394 g/mol. The molecular weight excluding hydrogens is 366 g/mol. The molecule has 1 unspecified atom stereocenters. The van der Waals surface area contributed by atoms with Crippen molar-refractivity contribution < 1.29 is 4.79 Å². The molecule has 0 radical (unpaired) electrons. The third-order valence-corrected chi connectivity index (χ3v) is 6.31. The number of amides is 1. The second-order valence-corrected chi connectivity index (χ2v) is 8.44. The maximum absolute atomic E-state index is 13.1. The van der Waals surface area contributed by atoms with Gasteiger partial charge in [-0.2, -0.15) is 11.8 Å². The molecule has 0 bridgehead atoms. The molecule has 3 aromatic rings. The molecule has 1 aromatic heterocycles. The molecule has 1 aliphatic heterocycles. The molecule has 0 spiro atoms. The molecule has 28 heavy (non-hydrogen) atoms. The number of carbonyl (C=O) groups excluding carboxylic acids is 1. The van der Waals surface area contributed by atoms with Crippen LogP contribution in [0.5, 0.6) is 0 Å². The summed E-state index contributed by atoms with van der Waals surface area (Å²) in [5.74, 6) is 2.31. The van der Waals surface area contributed by atoms with E-state index in [0.29, 0.717) is 6.54 Å². The minimum absolute atomic E-state index is 0.122. The number of nitrogens with one attached hydrogen (secondary N) is 2. The average Bonchev–Trinajstić information content (AvgIpc) is 3.16. The zero-order valence-corrected chi connectivity index (χ0v) is 16.9. The van der Waals surface area contributed by atoms with Crippen molar-refractivity contribution >= 4 is 28.6 Å². The van der Waals surface area contributed by atoms with Gasteiger partial charge in [0.2, 0.25) is 5.91 Å². The van der Waals surface area contributed by atoms with Gasteiger partial charge in [0.05, 0.1) is 0 Å². The van der Waals surface area contributed by atoms with Crippen LogP contribution < -0.4 is 5.32 Å². The standard InChI is InChI=1S/C23H27N3OS/c27-23(22(18-7-2-1-3-8-18)26-13-15-28-16-14-26)24-12-6-9-19-17-25-21-11-5-4-10-20(19)21/h1-5,7-8,10-11,17,22,25H,6,9,12-16H2,(H,24,27). The number of aryl methyl sites for hydroxylation is 1. The minimum atomic E-state index is -0.185. The van der Waals surface area contributed by atoms with Gasteiger partial charge in [-0.15, -0.1) is 0 Å². The molecule has 1 saturated heterocycles. The Morgan fingerprint density at radius 3 is 2.64 bits per heavy atom. The van der Waals surface area contributed by atoms with Gasteiger partial charge in [0.25, 0.3) is 0 Å². The molecule has 1 aliphatic rings. The van der Waals surface area contributed by atoms with Crippen LogP contribution in [0, 0.1) is 0 Å². The van der Waals surface area contributed by atoms with Crippen molar-refractivity contribution in [3.05, 3.63) is 71.9 Å². The van der Waals surface area contributed by atoms with Crippen molar-refractivity contribution in [1.82, 2.24) is 15.2 Å². The third-order valence-electron chi connectivity index (χ3n) is 5.37. The fourth-order valence-electron chi connectivity index (χ4n) is 3.92. The topological polar surface area (TPSA) is 48.1 Å². The number of fused-ring (bicyclic) bond motifs is 1. The Hall–Kier alpha value is -2.24. The number of carbonyl (C=O) groups is 1. The number of nitrogens with zero attached hydrogens (tertiary/aromatic N) is 1. The van der Waals surface area contributed by atoms with Crippen molar-refractivity contribution in [2.75, 3.05) is 31.1 Å². The van der Waals surface area contributed by atoms with Crippen molar-refractivity contribution in [1.29, 1.82) is 0 Å². The van der Waals surface area contributed by atoms with Crippen LogP contribution in [0.3, 0.4) is 0 Å². The highest BCUT2D eigenvalue weighted by molar-refractivity contribution is 7.99. The summed E-state index contributed by atoms with van der Waals surface area (Å²) in [6, 6.07) is 18.4. The van der Waals surface area contributed by atoms with Crippen LogP contribution in [-0.2, 0) is 11.2 Å². The number of para-hydroxylation sites is 1. The number of thioether (sulfide) groups is 1. The van der Waals surface area contributed by atoms with Gasteiger partial charge in [-0.25, -0.2) is 0 Å². The summed E-state index contributed by atoms with van der Waals surface area (Å²) in [6.07, 6.45) is 3.98. The van der Waals surface area contributed by atoms with Crippen LogP contribution in [0.25, 0.3) is 10.9 Å². The van der Waals surface area contributed by atoms with Gasteiger partial charge in [0.15, 0.2) is 0 Å². The lowest BCUT2D eigenvalue weighted by molar-refractivity contribution is -0.126. The first-order chi connectivity index (χ1) is 13.8. The fraction of sp³-hybridized carbons (Fsp3) is 0.348. The Labute approximate surface area is 170 Å². The van der Waals surface area contributed by atoms with E-state index in [4.69, 9.17) is 0 Å². The molecule has 146 valence electrons. The van der Waals surface area contributed by atoms with E-state index in [-0.39, 0.29) is 11.9 Å². The molecule has 2 N–H and O–H groups in total. The number of H-pyrrole nitrogens is 1. The lowest BCUT2D eigenvalue weighted by atomic mass is 10.0. The van der Waals surface area contributed by atoms with Gasteiger partial charge >= 0.3 is 0 Å². The summed E-state index contributed by atoms with van der Waals surface area (Å²) in [6.45, 7) is 2.63. The quantitative estimate of drug-likeness (QED) is 0.597. The molecule has 1 amide bonds. The SMILES string of the molecule is O=C(NCCCc1c[nH]c2ccccc12)C(c1ccccc1)N1CCSCC1. The van der Waals surface area contributed by atoms with Crippen LogP contribution >= 0.6 is 11.8 Å². The molecule has 0 aliphatic carbocycles. The number of hydrogen-bond donors (Lipinski definition) is 2. The van der Waals surface area contributed by atoms with E-state index < -0.39 is 0 Å². The highest BCUT2D eigenvalue weighted by atomic mass is 32.2. The second-order valence-electron chi connectivity index (χ2n) is 7.22. The van der Waals surface area contributed by atoms with E-state index in [2.05, 4.69) is 51.7 Å². The van der Waals surface area contributed by atoms with Crippen molar-refractivity contribution in [3.8, 4) is 0 Å². The van der Waals surface area contributed by atoms with Crippen LogP contribution in [0.4, 0.5) is 0 Å². The normalized spacial score (nSPS) is 16.1. The lowest BCUT2D eigenvalue weighted by Crippen LogP contribution is -2.44. The molecular formula is C23H27N3OS. The van der Waals surface area contributed by atoms with Crippen molar-refractivity contribution in [3.63, 3.8) is 0 Å². The zero-order chi connectivity index (χ0) is 19.2. The maximum atomic E-state index is 13.1. The predicted octanol–water partition coefficient (Wildman–Crippen LogP) is 4.01. The van der Waals surface area contributed by atoms with Crippen LogP contribution in [0.15, 0.2) is 60.8 Å². The van der Waals surface area contributed by atoms with Crippen LogP contribution in [0.2, 0.25) is 0 Å². The Bertz CT molecular complexity index is 902. The summed E-state index contributed by atoms with van der Waals surface area (Å²) < 4.78 is 0. The Morgan fingerprint density at radius 1 is 1.07 bits per heavy atom. The molecule has 1 fully saturated rings. The van der Waals surface area contributed by atoms with Gasteiger partial charge in [-0.05, 0) is 30.0 Å². The first kappa shape index (κ1) is 19.1. The van der Waals surface area contributed by atoms with E-state index >= 15 is 0 Å². The molecule has 0 saturated carbocycles. The monoisotopic (exact) mass is 393 g/mol. The minimum Gasteiger partial charge on any atom is -0.361 e. The second kappa shape index (κ2) is 9.30. The molecule has 2 aromatic carbocycles. The van der Waals surface area contributed by atoms with Gasteiger partial charge < -0.3 is 10.3 Å². The Kier molecular flexibility index (Phi) is 6.34. The summed E-state index contributed by atoms with van der Waals surface area (Å²) in [5.41, 5.74) is 3.58. The van der Waals surface area contributed by atoms with Crippen LogP contribution in [0.1, 0.15) is 23.6 Å². The van der Waals surface area contributed by atoms with E-state index in [1.165, 1.54) is 16.5 Å². The first-order valence-electron chi connectivity index (χ1n) is 10.0. The molecule has 5 heteroatoms. The van der Waals surface area contributed by atoms with Crippen LogP contribution in [-0.4, -0.2) is 46.9 Å².